The number of benzene rings is 1. The lowest BCUT2D eigenvalue weighted by molar-refractivity contribution is 0.137. The third kappa shape index (κ3) is 2.28. The topological polar surface area (TPSA) is 51.5 Å². The fraction of sp³-hybridized carbons (Fsp3) is 0.417. The van der Waals surface area contributed by atoms with E-state index in [9.17, 15) is 0 Å². The van der Waals surface area contributed by atoms with Crippen LogP contribution >= 0.6 is 0 Å². The highest BCUT2D eigenvalue weighted by Gasteiger charge is 2.41. The van der Waals surface area contributed by atoms with Gasteiger partial charge in [-0.3, -0.25) is 0 Å². The van der Waals surface area contributed by atoms with Crippen molar-refractivity contribution in [2.24, 2.45) is 0 Å². The van der Waals surface area contributed by atoms with Gasteiger partial charge in [-0.2, -0.15) is 5.26 Å². The molecule has 1 aromatic carbocycles. The Labute approximate surface area is 101 Å². The summed E-state index contributed by atoms with van der Waals surface area (Å²) in [7, 11) is 1.04. The van der Waals surface area contributed by atoms with Gasteiger partial charge in [-0.15, -0.1) is 0 Å². The molecule has 0 aromatic heterocycles. The van der Waals surface area contributed by atoms with Crippen molar-refractivity contribution in [1.82, 2.24) is 0 Å². The summed E-state index contributed by atoms with van der Waals surface area (Å²) in [4.78, 5) is 0. The molecule has 0 aliphatic carbocycles. The molecule has 1 heterocycles. The van der Waals surface area contributed by atoms with E-state index in [-0.39, 0.29) is 5.60 Å². The third-order valence-corrected chi connectivity index (χ3v) is 2.65. The summed E-state index contributed by atoms with van der Waals surface area (Å²) in [5, 5.41) is 9.11. The monoisotopic (exact) mass is 231 g/mol. The van der Waals surface area contributed by atoms with Gasteiger partial charge in [0.1, 0.15) is 5.75 Å². The quantitative estimate of drug-likeness (QED) is 0.715. The van der Waals surface area contributed by atoms with Crippen LogP contribution in [0.2, 0.25) is 0 Å². The lowest BCUT2D eigenvalue weighted by atomic mass is 9.75. The van der Waals surface area contributed by atoms with E-state index < -0.39 is 7.12 Å². The summed E-state index contributed by atoms with van der Waals surface area (Å²) < 4.78 is 16.6. The Kier molecular flexibility index (Phi) is 3.10. The fourth-order valence-corrected chi connectivity index (χ4v) is 1.84. The summed E-state index contributed by atoms with van der Waals surface area (Å²) in [6, 6.07) is 7.45. The second-order valence-corrected chi connectivity index (χ2v) is 4.55. The molecule has 0 N–H and O–H groups in total. The van der Waals surface area contributed by atoms with Crippen LogP contribution < -0.4 is 10.2 Å². The van der Waals surface area contributed by atoms with E-state index in [0.29, 0.717) is 23.4 Å². The molecule has 1 aromatic rings. The summed E-state index contributed by atoms with van der Waals surface area (Å²) >= 11 is 0. The molecule has 17 heavy (non-hydrogen) atoms. The molecular formula is C12H14BNO3. The molecule has 4 nitrogen and oxygen atoms in total. The molecule has 0 radical (unpaired) electrons. The molecule has 2 rings (SSSR count). The first-order valence-corrected chi connectivity index (χ1v) is 5.44. The van der Waals surface area contributed by atoms with E-state index in [4.69, 9.17) is 19.3 Å². The number of ether oxygens (including phenoxy) is 1. The standard InChI is InChI=1S/C12H14BNO3/c1-12(2)8-16-13(17-12)11-9(7-14)5-4-6-10(11)15-3/h4-6H,8H2,1-3H3. The van der Waals surface area contributed by atoms with Crippen molar-refractivity contribution in [2.45, 2.75) is 19.4 Å². The van der Waals surface area contributed by atoms with Gasteiger partial charge in [0.15, 0.2) is 0 Å². The summed E-state index contributed by atoms with van der Waals surface area (Å²) in [6.07, 6.45) is 0. The average Bonchev–Trinajstić information content (AvgIpc) is 2.68. The minimum absolute atomic E-state index is 0.335. The normalized spacial score (nSPS) is 17.9. The van der Waals surface area contributed by atoms with Gasteiger partial charge in [-0.1, -0.05) is 6.07 Å². The van der Waals surface area contributed by atoms with Crippen LogP contribution in [0.25, 0.3) is 0 Å². The molecular weight excluding hydrogens is 217 g/mol. The van der Waals surface area contributed by atoms with Gasteiger partial charge in [0.2, 0.25) is 0 Å². The SMILES string of the molecule is COc1cccc(C#N)c1B1OCC(C)(C)O1. The Bertz CT molecular complexity index is 467. The third-order valence-electron chi connectivity index (χ3n) is 2.65. The van der Waals surface area contributed by atoms with Crippen molar-refractivity contribution in [3.05, 3.63) is 23.8 Å². The van der Waals surface area contributed by atoms with E-state index in [1.54, 1.807) is 25.3 Å². The van der Waals surface area contributed by atoms with Gasteiger partial charge in [-0.25, -0.2) is 0 Å². The Morgan fingerprint density at radius 3 is 2.76 bits per heavy atom. The summed E-state index contributed by atoms with van der Waals surface area (Å²) in [5.41, 5.74) is 0.855. The van der Waals surface area contributed by atoms with Gasteiger partial charge >= 0.3 is 7.12 Å². The number of nitrogens with zero attached hydrogens (tertiary/aromatic N) is 1. The van der Waals surface area contributed by atoms with Gasteiger partial charge in [0, 0.05) is 5.46 Å². The van der Waals surface area contributed by atoms with Crippen LogP contribution in [0.5, 0.6) is 5.75 Å². The van der Waals surface area contributed by atoms with Gasteiger partial charge < -0.3 is 14.0 Å². The highest BCUT2D eigenvalue weighted by Crippen LogP contribution is 2.23. The molecule has 1 saturated heterocycles. The minimum Gasteiger partial charge on any atom is -0.497 e. The summed E-state index contributed by atoms with van der Waals surface area (Å²) in [5.74, 6) is 0.617. The Hall–Kier alpha value is -1.51. The second kappa shape index (κ2) is 4.40. The van der Waals surface area contributed by atoms with Crippen LogP contribution in [-0.4, -0.2) is 26.4 Å². The first kappa shape index (κ1) is 12.0. The first-order valence-electron chi connectivity index (χ1n) is 5.44. The van der Waals surface area contributed by atoms with Crippen molar-refractivity contribution in [1.29, 1.82) is 5.26 Å². The van der Waals surface area contributed by atoms with E-state index in [0.717, 1.165) is 0 Å². The predicted molar refractivity (Wildman–Crippen MR) is 64.2 cm³/mol. The van der Waals surface area contributed by atoms with Gasteiger partial charge in [0.25, 0.3) is 0 Å². The predicted octanol–water partition coefficient (Wildman–Crippen LogP) is 1.09. The smallest absolute Gasteiger partial charge is 0.497 e. The zero-order valence-corrected chi connectivity index (χ0v) is 10.2. The molecule has 0 saturated carbocycles. The van der Waals surface area contributed by atoms with Crippen LogP contribution in [0.4, 0.5) is 0 Å². The number of methoxy groups -OCH3 is 1. The second-order valence-electron chi connectivity index (χ2n) is 4.55. The lowest BCUT2D eigenvalue weighted by Crippen LogP contribution is -2.37. The van der Waals surface area contributed by atoms with E-state index in [2.05, 4.69) is 6.07 Å². The maximum absolute atomic E-state index is 9.11. The molecule has 0 spiro atoms. The molecule has 0 atom stereocenters. The number of hydrogen-bond donors (Lipinski definition) is 0. The van der Waals surface area contributed by atoms with Crippen molar-refractivity contribution in [2.75, 3.05) is 13.7 Å². The van der Waals surface area contributed by atoms with Crippen LogP contribution in [0.1, 0.15) is 19.4 Å². The van der Waals surface area contributed by atoms with Crippen molar-refractivity contribution >= 4 is 12.6 Å². The van der Waals surface area contributed by atoms with Crippen molar-refractivity contribution < 1.29 is 14.0 Å². The molecule has 0 amide bonds. The zero-order valence-electron chi connectivity index (χ0n) is 10.2. The number of hydrogen-bond acceptors (Lipinski definition) is 4. The maximum Gasteiger partial charge on any atom is 0.499 e. The fourth-order valence-electron chi connectivity index (χ4n) is 1.84. The molecule has 1 aliphatic rings. The van der Waals surface area contributed by atoms with E-state index >= 15 is 0 Å². The Morgan fingerprint density at radius 2 is 2.24 bits per heavy atom. The molecule has 0 unspecified atom stereocenters. The van der Waals surface area contributed by atoms with E-state index in [1.807, 2.05) is 13.8 Å². The summed E-state index contributed by atoms with van der Waals surface area (Å²) in [6.45, 7) is 4.41. The van der Waals surface area contributed by atoms with E-state index in [1.165, 1.54) is 0 Å². The molecule has 5 heteroatoms. The number of rotatable bonds is 2. The molecule has 1 aliphatic heterocycles. The van der Waals surface area contributed by atoms with Crippen molar-refractivity contribution in [3.63, 3.8) is 0 Å². The highest BCUT2D eigenvalue weighted by atomic mass is 16.7. The van der Waals surface area contributed by atoms with Gasteiger partial charge in [-0.05, 0) is 26.0 Å². The lowest BCUT2D eigenvalue weighted by Gasteiger charge is -2.17. The first-order chi connectivity index (χ1) is 8.07. The van der Waals surface area contributed by atoms with Crippen molar-refractivity contribution in [3.8, 4) is 11.8 Å². The number of nitriles is 1. The average molecular weight is 231 g/mol. The Balaban J connectivity index is 2.41. The van der Waals surface area contributed by atoms with Crippen LogP contribution in [0, 0.1) is 11.3 Å². The maximum atomic E-state index is 9.11. The molecule has 1 fully saturated rings. The Morgan fingerprint density at radius 1 is 1.47 bits per heavy atom. The van der Waals surface area contributed by atoms with Crippen LogP contribution in [-0.2, 0) is 9.31 Å². The van der Waals surface area contributed by atoms with Gasteiger partial charge in [0.05, 0.1) is 31.0 Å². The minimum atomic E-state index is -0.532. The molecule has 88 valence electrons. The largest absolute Gasteiger partial charge is 0.499 e. The zero-order chi connectivity index (χ0) is 12.5. The van der Waals surface area contributed by atoms with Crippen LogP contribution in [0.3, 0.4) is 0 Å². The highest BCUT2D eigenvalue weighted by molar-refractivity contribution is 6.63. The molecule has 0 bridgehead atoms. The van der Waals surface area contributed by atoms with Crippen LogP contribution in [0.15, 0.2) is 18.2 Å².